The Morgan fingerprint density at radius 1 is 1.42 bits per heavy atom. The standard InChI is InChI=1S/C13H17N5O/c14-10-8-9(13(15)19)3-4-11(10)16-5-1-2-12-17-6-7-18-12/h3-4,6-8,16H,1-2,5,14H2,(H2,15,19)(H,17,18). The van der Waals surface area contributed by atoms with E-state index in [0.717, 1.165) is 30.9 Å². The number of carbonyl (C=O) groups excluding carboxylic acids is 1. The summed E-state index contributed by atoms with van der Waals surface area (Å²) in [7, 11) is 0. The average molecular weight is 259 g/mol. The van der Waals surface area contributed by atoms with Crippen molar-refractivity contribution in [2.24, 2.45) is 5.73 Å². The molecule has 6 heteroatoms. The molecule has 6 N–H and O–H groups in total. The maximum atomic E-state index is 11.0. The van der Waals surface area contributed by atoms with Gasteiger partial charge in [-0.3, -0.25) is 4.79 Å². The first-order valence-corrected chi connectivity index (χ1v) is 6.08. The highest BCUT2D eigenvalue weighted by Gasteiger charge is 2.04. The third-order valence-corrected chi connectivity index (χ3v) is 2.80. The molecule has 100 valence electrons. The van der Waals surface area contributed by atoms with Crippen molar-refractivity contribution in [3.63, 3.8) is 0 Å². The monoisotopic (exact) mass is 259 g/mol. The number of rotatable bonds is 6. The molecule has 0 aliphatic heterocycles. The molecule has 1 aromatic heterocycles. The summed E-state index contributed by atoms with van der Waals surface area (Å²) < 4.78 is 0. The highest BCUT2D eigenvalue weighted by molar-refractivity contribution is 5.94. The molecule has 0 aliphatic carbocycles. The molecule has 1 aromatic carbocycles. The molecule has 0 radical (unpaired) electrons. The first-order chi connectivity index (χ1) is 9.16. The molecule has 1 heterocycles. The van der Waals surface area contributed by atoms with Crippen LogP contribution < -0.4 is 16.8 Å². The van der Waals surface area contributed by atoms with Crippen LogP contribution >= 0.6 is 0 Å². The Hall–Kier alpha value is -2.50. The average Bonchev–Trinajstić information content (AvgIpc) is 2.89. The first-order valence-electron chi connectivity index (χ1n) is 6.08. The second-order valence-corrected chi connectivity index (χ2v) is 4.23. The van der Waals surface area contributed by atoms with E-state index in [0.29, 0.717) is 11.3 Å². The van der Waals surface area contributed by atoms with E-state index in [1.807, 2.05) is 6.20 Å². The molecule has 0 unspecified atom stereocenters. The van der Waals surface area contributed by atoms with Crippen LogP contribution in [0, 0.1) is 0 Å². The lowest BCUT2D eigenvalue weighted by Gasteiger charge is -2.09. The van der Waals surface area contributed by atoms with Crippen LogP contribution in [0.4, 0.5) is 11.4 Å². The molecule has 0 saturated heterocycles. The second kappa shape index (κ2) is 5.90. The number of nitrogens with two attached hydrogens (primary N) is 2. The van der Waals surface area contributed by atoms with Crippen molar-refractivity contribution >= 4 is 17.3 Å². The van der Waals surface area contributed by atoms with Gasteiger partial charge in [0.25, 0.3) is 0 Å². The number of anilines is 2. The number of hydrogen-bond donors (Lipinski definition) is 4. The van der Waals surface area contributed by atoms with Gasteiger partial charge in [-0.1, -0.05) is 0 Å². The Morgan fingerprint density at radius 2 is 2.26 bits per heavy atom. The summed E-state index contributed by atoms with van der Waals surface area (Å²) in [6, 6.07) is 5.01. The summed E-state index contributed by atoms with van der Waals surface area (Å²) >= 11 is 0. The maximum absolute atomic E-state index is 11.0. The zero-order chi connectivity index (χ0) is 13.7. The lowest BCUT2D eigenvalue weighted by atomic mass is 10.1. The fourth-order valence-corrected chi connectivity index (χ4v) is 1.79. The van der Waals surface area contributed by atoms with Crippen LogP contribution in [-0.4, -0.2) is 22.4 Å². The van der Waals surface area contributed by atoms with Crippen LogP contribution in [0.15, 0.2) is 30.6 Å². The summed E-state index contributed by atoms with van der Waals surface area (Å²) in [6.45, 7) is 0.779. The quantitative estimate of drug-likeness (QED) is 0.460. The summed E-state index contributed by atoms with van der Waals surface area (Å²) in [6.07, 6.45) is 5.36. The number of benzene rings is 1. The van der Waals surface area contributed by atoms with Crippen molar-refractivity contribution in [2.75, 3.05) is 17.6 Å². The SMILES string of the molecule is NC(=O)c1ccc(NCCCc2ncc[nH]2)c(N)c1. The van der Waals surface area contributed by atoms with Crippen LogP contribution in [0.5, 0.6) is 0 Å². The molecule has 19 heavy (non-hydrogen) atoms. The predicted molar refractivity (Wildman–Crippen MR) is 74.8 cm³/mol. The van der Waals surface area contributed by atoms with E-state index in [-0.39, 0.29) is 0 Å². The topological polar surface area (TPSA) is 110 Å². The molecular formula is C13H17N5O. The Morgan fingerprint density at radius 3 is 2.89 bits per heavy atom. The van der Waals surface area contributed by atoms with E-state index in [1.165, 1.54) is 0 Å². The number of carbonyl (C=O) groups is 1. The zero-order valence-corrected chi connectivity index (χ0v) is 10.5. The number of hydrogen-bond acceptors (Lipinski definition) is 4. The fraction of sp³-hybridized carbons (Fsp3) is 0.231. The summed E-state index contributed by atoms with van der Waals surface area (Å²) in [5, 5.41) is 3.22. The molecular weight excluding hydrogens is 242 g/mol. The van der Waals surface area contributed by atoms with Gasteiger partial charge in [-0.15, -0.1) is 0 Å². The van der Waals surface area contributed by atoms with Gasteiger partial charge in [0, 0.05) is 30.9 Å². The molecule has 0 bridgehead atoms. The summed E-state index contributed by atoms with van der Waals surface area (Å²) in [5.74, 6) is 0.495. The van der Waals surface area contributed by atoms with E-state index < -0.39 is 5.91 Å². The Labute approximate surface area is 111 Å². The highest BCUT2D eigenvalue weighted by atomic mass is 16.1. The van der Waals surface area contributed by atoms with Crippen LogP contribution in [0.25, 0.3) is 0 Å². The highest BCUT2D eigenvalue weighted by Crippen LogP contribution is 2.19. The molecule has 1 amide bonds. The molecule has 0 aliphatic rings. The van der Waals surface area contributed by atoms with E-state index in [2.05, 4.69) is 15.3 Å². The van der Waals surface area contributed by atoms with E-state index >= 15 is 0 Å². The number of aryl methyl sites for hydroxylation is 1. The Bertz CT molecular complexity index is 550. The molecule has 0 atom stereocenters. The molecule has 6 nitrogen and oxygen atoms in total. The van der Waals surface area contributed by atoms with Crippen LogP contribution in [0.2, 0.25) is 0 Å². The van der Waals surface area contributed by atoms with Gasteiger partial charge in [-0.05, 0) is 24.6 Å². The lowest BCUT2D eigenvalue weighted by Crippen LogP contribution is -2.12. The third kappa shape index (κ3) is 3.48. The van der Waals surface area contributed by atoms with E-state index in [4.69, 9.17) is 11.5 Å². The molecule has 0 fully saturated rings. The van der Waals surface area contributed by atoms with Crippen molar-refractivity contribution in [3.05, 3.63) is 42.0 Å². The van der Waals surface area contributed by atoms with Gasteiger partial charge >= 0.3 is 0 Å². The number of nitrogens with one attached hydrogen (secondary N) is 2. The summed E-state index contributed by atoms with van der Waals surface area (Å²) in [5.41, 5.74) is 12.8. The van der Waals surface area contributed by atoms with Gasteiger partial charge in [0.2, 0.25) is 5.91 Å². The number of aromatic amines is 1. The van der Waals surface area contributed by atoms with Gasteiger partial charge < -0.3 is 21.8 Å². The number of nitrogen functional groups attached to an aromatic ring is 1. The van der Waals surface area contributed by atoms with Crippen molar-refractivity contribution < 1.29 is 4.79 Å². The van der Waals surface area contributed by atoms with Gasteiger partial charge in [0.05, 0.1) is 11.4 Å². The van der Waals surface area contributed by atoms with E-state index in [9.17, 15) is 4.79 Å². The number of amides is 1. The molecule has 2 rings (SSSR count). The fourth-order valence-electron chi connectivity index (χ4n) is 1.79. The minimum atomic E-state index is -0.476. The van der Waals surface area contributed by atoms with Gasteiger partial charge in [0.15, 0.2) is 0 Å². The van der Waals surface area contributed by atoms with Gasteiger partial charge in [-0.2, -0.15) is 0 Å². The van der Waals surface area contributed by atoms with Crippen LogP contribution in [-0.2, 0) is 6.42 Å². The molecule has 0 saturated carbocycles. The number of aromatic nitrogens is 2. The van der Waals surface area contributed by atoms with Crippen LogP contribution in [0.1, 0.15) is 22.6 Å². The van der Waals surface area contributed by atoms with Gasteiger partial charge in [0.1, 0.15) is 5.82 Å². The predicted octanol–water partition coefficient (Wildman–Crippen LogP) is 1.14. The normalized spacial score (nSPS) is 10.3. The third-order valence-electron chi connectivity index (χ3n) is 2.80. The van der Waals surface area contributed by atoms with Crippen molar-refractivity contribution in [3.8, 4) is 0 Å². The number of H-pyrrole nitrogens is 1. The molecule has 0 spiro atoms. The summed E-state index contributed by atoms with van der Waals surface area (Å²) in [4.78, 5) is 18.2. The zero-order valence-electron chi connectivity index (χ0n) is 10.5. The van der Waals surface area contributed by atoms with Gasteiger partial charge in [-0.25, -0.2) is 4.98 Å². The minimum absolute atomic E-state index is 0.415. The second-order valence-electron chi connectivity index (χ2n) is 4.23. The van der Waals surface area contributed by atoms with E-state index in [1.54, 1.807) is 24.4 Å². The van der Waals surface area contributed by atoms with Crippen molar-refractivity contribution in [2.45, 2.75) is 12.8 Å². The first kappa shape index (κ1) is 12.9. The Kier molecular flexibility index (Phi) is 4.02. The number of nitrogens with zero attached hydrogens (tertiary/aromatic N) is 1. The number of primary amides is 1. The van der Waals surface area contributed by atoms with Crippen molar-refractivity contribution in [1.29, 1.82) is 0 Å². The molecule has 2 aromatic rings. The lowest BCUT2D eigenvalue weighted by molar-refractivity contribution is 0.100. The van der Waals surface area contributed by atoms with Crippen molar-refractivity contribution in [1.82, 2.24) is 9.97 Å². The largest absolute Gasteiger partial charge is 0.397 e. The smallest absolute Gasteiger partial charge is 0.248 e. The minimum Gasteiger partial charge on any atom is -0.397 e. The number of imidazole rings is 1. The maximum Gasteiger partial charge on any atom is 0.248 e. The van der Waals surface area contributed by atoms with Crippen LogP contribution in [0.3, 0.4) is 0 Å². The Balaban J connectivity index is 1.84.